The molecule has 16 heavy (non-hydrogen) atoms. The third kappa shape index (κ3) is 4.99. The Hall–Kier alpha value is -0.550. The Morgan fingerprint density at radius 1 is 1.44 bits per heavy atom. The third-order valence-corrected chi connectivity index (χ3v) is 3.27. The van der Waals surface area contributed by atoms with E-state index >= 15 is 0 Å². The molecule has 3 N–H and O–H groups in total. The average molecular weight is 241 g/mol. The third-order valence-electron chi connectivity index (χ3n) is 2.13. The van der Waals surface area contributed by atoms with Gasteiger partial charge >= 0.3 is 0 Å². The summed E-state index contributed by atoms with van der Waals surface area (Å²) in [5.74, 6) is 0.529. The molecule has 3 nitrogen and oxygen atoms in total. The zero-order chi connectivity index (χ0) is 11.8. The van der Waals surface area contributed by atoms with Crippen molar-refractivity contribution in [2.75, 3.05) is 18.9 Å². The molecule has 0 heterocycles. The maximum Gasteiger partial charge on any atom is 0.0864 e. The van der Waals surface area contributed by atoms with Gasteiger partial charge in [-0.25, -0.2) is 0 Å². The predicted molar refractivity (Wildman–Crippen MR) is 67.6 cm³/mol. The lowest BCUT2D eigenvalue weighted by atomic mass is 10.2. The SMILES string of the molecule is CCNCc1cccc(SCC(O)CO)c1. The molecule has 0 saturated heterocycles. The molecule has 0 spiro atoms. The molecular weight excluding hydrogens is 222 g/mol. The highest BCUT2D eigenvalue weighted by Crippen LogP contribution is 2.19. The molecule has 0 radical (unpaired) electrons. The van der Waals surface area contributed by atoms with Gasteiger partial charge in [0.05, 0.1) is 12.7 Å². The standard InChI is InChI=1S/C12H19NO2S/c1-2-13-7-10-4-3-5-12(6-10)16-9-11(15)8-14/h3-6,11,13-15H,2,7-9H2,1H3. The zero-order valence-electron chi connectivity index (χ0n) is 9.52. The van der Waals surface area contributed by atoms with E-state index in [-0.39, 0.29) is 6.61 Å². The van der Waals surface area contributed by atoms with Crippen molar-refractivity contribution in [3.63, 3.8) is 0 Å². The van der Waals surface area contributed by atoms with Crippen LogP contribution in [-0.4, -0.2) is 35.2 Å². The van der Waals surface area contributed by atoms with Crippen LogP contribution in [0.2, 0.25) is 0 Å². The highest BCUT2D eigenvalue weighted by molar-refractivity contribution is 7.99. The van der Waals surface area contributed by atoms with Crippen molar-refractivity contribution >= 4 is 11.8 Å². The number of hydrogen-bond acceptors (Lipinski definition) is 4. The minimum atomic E-state index is -0.637. The van der Waals surface area contributed by atoms with Gasteiger partial charge < -0.3 is 15.5 Å². The van der Waals surface area contributed by atoms with E-state index in [1.54, 1.807) is 11.8 Å². The molecule has 0 aliphatic heterocycles. The van der Waals surface area contributed by atoms with E-state index in [4.69, 9.17) is 5.11 Å². The second-order valence-corrected chi connectivity index (χ2v) is 4.67. The molecule has 0 aliphatic rings. The number of aliphatic hydroxyl groups is 2. The van der Waals surface area contributed by atoms with Gasteiger partial charge in [-0.2, -0.15) is 0 Å². The average Bonchev–Trinajstić information content (AvgIpc) is 2.34. The number of rotatable bonds is 7. The Morgan fingerprint density at radius 3 is 2.94 bits per heavy atom. The Bertz CT molecular complexity index is 307. The van der Waals surface area contributed by atoms with E-state index in [0.29, 0.717) is 5.75 Å². The Balaban J connectivity index is 2.46. The van der Waals surface area contributed by atoms with Crippen LogP contribution in [0, 0.1) is 0 Å². The van der Waals surface area contributed by atoms with Crippen molar-refractivity contribution < 1.29 is 10.2 Å². The van der Waals surface area contributed by atoms with Gasteiger partial charge in [0.2, 0.25) is 0 Å². The Labute approximate surface area is 101 Å². The molecule has 0 fully saturated rings. The molecule has 1 aromatic carbocycles. The highest BCUT2D eigenvalue weighted by atomic mass is 32.2. The van der Waals surface area contributed by atoms with Crippen LogP contribution in [0.15, 0.2) is 29.2 Å². The van der Waals surface area contributed by atoms with Crippen molar-refractivity contribution in [3.8, 4) is 0 Å². The molecule has 0 aromatic heterocycles. The van der Waals surface area contributed by atoms with Crippen LogP contribution >= 0.6 is 11.8 Å². The van der Waals surface area contributed by atoms with Crippen molar-refractivity contribution in [1.82, 2.24) is 5.32 Å². The molecule has 0 aliphatic carbocycles. The van der Waals surface area contributed by atoms with Crippen LogP contribution in [0.5, 0.6) is 0 Å². The zero-order valence-corrected chi connectivity index (χ0v) is 10.3. The van der Waals surface area contributed by atoms with Gasteiger partial charge in [-0.05, 0) is 24.2 Å². The van der Waals surface area contributed by atoms with Gasteiger partial charge in [0.15, 0.2) is 0 Å². The second kappa shape index (κ2) is 7.68. The summed E-state index contributed by atoms with van der Waals surface area (Å²) in [5.41, 5.74) is 1.24. The number of hydrogen-bond donors (Lipinski definition) is 3. The van der Waals surface area contributed by atoms with E-state index in [1.165, 1.54) is 5.56 Å². The van der Waals surface area contributed by atoms with Gasteiger partial charge in [-0.3, -0.25) is 0 Å². The fourth-order valence-electron chi connectivity index (χ4n) is 1.26. The van der Waals surface area contributed by atoms with Crippen molar-refractivity contribution in [1.29, 1.82) is 0 Å². The summed E-state index contributed by atoms with van der Waals surface area (Å²) in [4.78, 5) is 1.13. The second-order valence-electron chi connectivity index (χ2n) is 3.58. The van der Waals surface area contributed by atoms with Gasteiger partial charge in [-0.15, -0.1) is 11.8 Å². The van der Waals surface area contributed by atoms with Gasteiger partial charge in [0.25, 0.3) is 0 Å². The smallest absolute Gasteiger partial charge is 0.0864 e. The van der Waals surface area contributed by atoms with E-state index in [9.17, 15) is 5.11 Å². The molecule has 0 amide bonds. The first-order chi connectivity index (χ1) is 7.76. The fourth-order valence-corrected chi connectivity index (χ4v) is 2.16. The van der Waals surface area contributed by atoms with Crippen LogP contribution in [-0.2, 0) is 6.54 Å². The predicted octanol–water partition coefficient (Wildman–Crippen LogP) is 1.24. The summed E-state index contributed by atoms with van der Waals surface area (Å²) in [6, 6.07) is 8.22. The van der Waals surface area contributed by atoms with Crippen LogP contribution in [0.4, 0.5) is 0 Å². The first kappa shape index (κ1) is 13.5. The number of aliphatic hydroxyl groups excluding tert-OH is 2. The van der Waals surface area contributed by atoms with Crippen LogP contribution in [0.3, 0.4) is 0 Å². The summed E-state index contributed by atoms with van der Waals surface area (Å²) in [6.45, 7) is 3.73. The number of nitrogens with one attached hydrogen (secondary N) is 1. The van der Waals surface area contributed by atoms with E-state index < -0.39 is 6.10 Å². The van der Waals surface area contributed by atoms with E-state index in [1.807, 2.05) is 12.1 Å². The first-order valence-electron chi connectivity index (χ1n) is 5.47. The summed E-state index contributed by atoms with van der Waals surface area (Å²) in [7, 11) is 0. The molecule has 1 unspecified atom stereocenters. The molecule has 4 heteroatoms. The van der Waals surface area contributed by atoms with E-state index in [2.05, 4.69) is 24.4 Å². The van der Waals surface area contributed by atoms with Crippen molar-refractivity contribution in [2.24, 2.45) is 0 Å². The minimum absolute atomic E-state index is 0.177. The van der Waals surface area contributed by atoms with Crippen LogP contribution in [0.1, 0.15) is 12.5 Å². The number of thioether (sulfide) groups is 1. The van der Waals surface area contributed by atoms with Gasteiger partial charge in [0.1, 0.15) is 0 Å². The van der Waals surface area contributed by atoms with Gasteiger partial charge in [-0.1, -0.05) is 19.1 Å². The van der Waals surface area contributed by atoms with Crippen molar-refractivity contribution in [3.05, 3.63) is 29.8 Å². The number of benzene rings is 1. The molecule has 90 valence electrons. The molecule has 1 rings (SSSR count). The molecule has 0 saturated carbocycles. The normalized spacial score (nSPS) is 12.7. The summed E-state index contributed by atoms with van der Waals surface area (Å²) in [6.07, 6.45) is -0.637. The topological polar surface area (TPSA) is 52.5 Å². The van der Waals surface area contributed by atoms with Crippen LogP contribution < -0.4 is 5.32 Å². The highest BCUT2D eigenvalue weighted by Gasteiger charge is 2.03. The summed E-state index contributed by atoms with van der Waals surface area (Å²) in [5, 5.41) is 21.2. The summed E-state index contributed by atoms with van der Waals surface area (Å²) < 4.78 is 0. The lowest BCUT2D eigenvalue weighted by Crippen LogP contribution is -2.14. The molecule has 1 atom stereocenters. The molecular formula is C12H19NO2S. The van der Waals surface area contributed by atoms with Crippen molar-refractivity contribution in [2.45, 2.75) is 24.5 Å². The Morgan fingerprint density at radius 2 is 2.25 bits per heavy atom. The fraction of sp³-hybridized carbons (Fsp3) is 0.500. The quantitative estimate of drug-likeness (QED) is 0.629. The Kier molecular flexibility index (Phi) is 6.49. The largest absolute Gasteiger partial charge is 0.394 e. The van der Waals surface area contributed by atoms with Gasteiger partial charge in [0, 0.05) is 17.2 Å². The van der Waals surface area contributed by atoms with E-state index in [0.717, 1.165) is 18.0 Å². The first-order valence-corrected chi connectivity index (χ1v) is 6.46. The lowest BCUT2D eigenvalue weighted by molar-refractivity contribution is 0.113. The lowest BCUT2D eigenvalue weighted by Gasteiger charge is -2.08. The maximum atomic E-state index is 9.25. The summed E-state index contributed by atoms with van der Waals surface area (Å²) >= 11 is 1.56. The molecule has 0 bridgehead atoms. The monoisotopic (exact) mass is 241 g/mol. The molecule has 1 aromatic rings. The maximum absolute atomic E-state index is 9.25. The van der Waals surface area contributed by atoms with Crippen LogP contribution in [0.25, 0.3) is 0 Å². The minimum Gasteiger partial charge on any atom is -0.394 e.